The molecule has 1 amide bonds. The van der Waals surface area contributed by atoms with Crippen LogP contribution in [0.2, 0.25) is 0 Å². The zero-order chi connectivity index (χ0) is 13.1. The van der Waals surface area contributed by atoms with Crippen LogP contribution in [0.15, 0.2) is 23.1 Å². The average Bonchev–Trinajstić information content (AvgIpc) is 2.19. The van der Waals surface area contributed by atoms with Crippen molar-refractivity contribution < 1.29 is 17.9 Å². The van der Waals surface area contributed by atoms with E-state index < -0.39 is 16.1 Å². The molecule has 0 aliphatic heterocycles. The second-order valence-electron chi connectivity index (χ2n) is 3.37. The minimum atomic E-state index is -3.80. The molecule has 7 heteroatoms. The van der Waals surface area contributed by atoms with Crippen molar-refractivity contribution in [1.82, 2.24) is 0 Å². The molecule has 0 unspecified atom stereocenters. The number of amides is 1. The first-order valence-electron chi connectivity index (χ1n) is 4.92. The number of hydrogen-bond donors (Lipinski definition) is 2. The summed E-state index contributed by atoms with van der Waals surface area (Å²) in [5.74, 6) is 0. The van der Waals surface area contributed by atoms with Crippen LogP contribution in [0.5, 0.6) is 0 Å². The predicted molar refractivity (Wildman–Crippen MR) is 63.2 cm³/mol. The SMILES string of the molecule is CCOC(=O)Nc1ccc(C)c(S(N)(=O)=O)c1. The van der Waals surface area contributed by atoms with Gasteiger partial charge in [0.2, 0.25) is 10.0 Å². The minimum absolute atomic E-state index is 0.0215. The Morgan fingerprint density at radius 2 is 2.12 bits per heavy atom. The number of primary sulfonamides is 1. The van der Waals surface area contributed by atoms with Crippen LogP contribution in [-0.4, -0.2) is 21.1 Å². The molecule has 0 fully saturated rings. The van der Waals surface area contributed by atoms with Crippen LogP contribution in [0.4, 0.5) is 10.5 Å². The second kappa shape index (κ2) is 5.15. The first-order valence-corrected chi connectivity index (χ1v) is 6.46. The second-order valence-corrected chi connectivity index (χ2v) is 4.90. The lowest BCUT2D eigenvalue weighted by Gasteiger charge is -2.08. The topological polar surface area (TPSA) is 98.5 Å². The molecule has 1 aromatic carbocycles. The summed E-state index contributed by atoms with van der Waals surface area (Å²) in [6, 6.07) is 4.42. The maximum absolute atomic E-state index is 11.3. The summed E-state index contributed by atoms with van der Waals surface area (Å²) in [5, 5.41) is 7.45. The number of nitrogens with one attached hydrogen (secondary N) is 1. The summed E-state index contributed by atoms with van der Waals surface area (Å²) in [4.78, 5) is 11.1. The predicted octanol–water partition coefficient (Wildman–Crippen LogP) is 1.21. The van der Waals surface area contributed by atoms with Gasteiger partial charge in [-0.25, -0.2) is 18.4 Å². The summed E-state index contributed by atoms with van der Waals surface area (Å²) >= 11 is 0. The standard InChI is InChI=1S/C10H14N2O4S/c1-3-16-10(13)12-8-5-4-7(2)9(6-8)17(11,14)15/h4-6H,3H2,1-2H3,(H,12,13)(H2,11,14,15). The number of ether oxygens (including phenoxy) is 1. The fraction of sp³-hybridized carbons (Fsp3) is 0.300. The number of rotatable bonds is 3. The Kier molecular flexibility index (Phi) is 4.08. The average molecular weight is 258 g/mol. The summed E-state index contributed by atoms with van der Waals surface area (Å²) in [5.41, 5.74) is 0.833. The van der Waals surface area contributed by atoms with Crippen molar-refractivity contribution in [2.75, 3.05) is 11.9 Å². The van der Waals surface area contributed by atoms with Crippen molar-refractivity contribution in [3.05, 3.63) is 23.8 Å². The van der Waals surface area contributed by atoms with Crippen molar-refractivity contribution in [3.8, 4) is 0 Å². The van der Waals surface area contributed by atoms with Crippen molar-refractivity contribution in [1.29, 1.82) is 0 Å². The van der Waals surface area contributed by atoms with Crippen LogP contribution in [0.3, 0.4) is 0 Å². The molecule has 0 atom stereocenters. The maximum atomic E-state index is 11.3. The molecule has 1 aromatic rings. The van der Waals surface area contributed by atoms with Crippen molar-refractivity contribution >= 4 is 21.8 Å². The number of carbonyl (C=O) groups is 1. The van der Waals surface area contributed by atoms with Gasteiger partial charge in [-0.1, -0.05) is 6.07 Å². The van der Waals surface area contributed by atoms with E-state index in [1.165, 1.54) is 6.07 Å². The van der Waals surface area contributed by atoms with E-state index in [-0.39, 0.29) is 11.5 Å². The van der Waals surface area contributed by atoms with E-state index in [1.807, 2.05) is 0 Å². The third-order valence-electron chi connectivity index (χ3n) is 2.02. The summed E-state index contributed by atoms with van der Waals surface area (Å²) in [6.07, 6.45) is -0.642. The van der Waals surface area contributed by atoms with Gasteiger partial charge in [-0.3, -0.25) is 5.32 Å². The Morgan fingerprint density at radius 3 is 2.65 bits per heavy atom. The third-order valence-corrected chi connectivity index (χ3v) is 3.07. The van der Waals surface area contributed by atoms with Crippen LogP contribution in [0, 0.1) is 6.92 Å². The van der Waals surface area contributed by atoms with Gasteiger partial charge in [0.25, 0.3) is 0 Å². The largest absolute Gasteiger partial charge is 0.450 e. The third kappa shape index (κ3) is 3.72. The quantitative estimate of drug-likeness (QED) is 0.851. The van der Waals surface area contributed by atoms with E-state index in [4.69, 9.17) is 5.14 Å². The smallest absolute Gasteiger partial charge is 0.411 e. The van der Waals surface area contributed by atoms with Gasteiger partial charge in [-0.2, -0.15) is 0 Å². The molecular formula is C10H14N2O4S. The molecule has 94 valence electrons. The molecular weight excluding hydrogens is 244 g/mol. The highest BCUT2D eigenvalue weighted by Gasteiger charge is 2.13. The fourth-order valence-electron chi connectivity index (χ4n) is 1.27. The highest BCUT2D eigenvalue weighted by Crippen LogP contribution is 2.18. The van der Waals surface area contributed by atoms with E-state index in [2.05, 4.69) is 10.1 Å². The Morgan fingerprint density at radius 1 is 1.47 bits per heavy atom. The van der Waals surface area contributed by atoms with Gasteiger partial charge >= 0.3 is 6.09 Å². The molecule has 0 aliphatic carbocycles. The molecule has 1 rings (SSSR count). The first-order chi connectivity index (χ1) is 7.84. The van der Waals surface area contributed by atoms with E-state index >= 15 is 0 Å². The van der Waals surface area contributed by atoms with Crippen molar-refractivity contribution in [2.45, 2.75) is 18.7 Å². The maximum Gasteiger partial charge on any atom is 0.411 e. The molecule has 0 spiro atoms. The number of anilines is 1. The Bertz CT molecular complexity index is 525. The van der Waals surface area contributed by atoms with Crippen LogP contribution in [0.25, 0.3) is 0 Å². The van der Waals surface area contributed by atoms with Gasteiger partial charge in [0.1, 0.15) is 0 Å². The molecule has 0 bridgehead atoms. The van der Waals surface area contributed by atoms with Crippen molar-refractivity contribution in [3.63, 3.8) is 0 Å². The normalized spacial score (nSPS) is 11.0. The lowest BCUT2D eigenvalue weighted by molar-refractivity contribution is 0.168. The van der Waals surface area contributed by atoms with Gasteiger partial charge in [-0.05, 0) is 31.5 Å². The summed E-state index contributed by atoms with van der Waals surface area (Å²) < 4.78 is 27.2. The first kappa shape index (κ1) is 13.5. The van der Waals surface area contributed by atoms with E-state index in [0.717, 1.165) is 0 Å². The van der Waals surface area contributed by atoms with Gasteiger partial charge < -0.3 is 4.74 Å². The number of aryl methyl sites for hydroxylation is 1. The van der Waals surface area contributed by atoms with Crippen molar-refractivity contribution in [2.24, 2.45) is 5.14 Å². The van der Waals surface area contributed by atoms with E-state index in [0.29, 0.717) is 11.3 Å². The molecule has 3 N–H and O–H groups in total. The molecule has 17 heavy (non-hydrogen) atoms. The van der Waals surface area contributed by atoms with E-state index in [1.54, 1.807) is 26.0 Å². The van der Waals surface area contributed by atoms with Gasteiger partial charge in [0.05, 0.1) is 11.5 Å². The monoisotopic (exact) mass is 258 g/mol. The van der Waals surface area contributed by atoms with Gasteiger partial charge in [0, 0.05) is 5.69 Å². The minimum Gasteiger partial charge on any atom is -0.450 e. The lowest BCUT2D eigenvalue weighted by atomic mass is 10.2. The Labute approximate surface area is 99.8 Å². The summed E-state index contributed by atoms with van der Waals surface area (Å²) in [7, 11) is -3.80. The molecule has 0 saturated carbocycles. The summed E-state index contributed by atoms with van der Waals surface area (Å²) in [6.45, 7) is 3.53. The van der Waals surface area contributed by atoms with Crippen LogP contribution >= 0.6 is 0 Å². The molecule has 0 aromatic heterocycles. The highest BCUT2D eigenvalue weighted by atomic mass is 32.2. The fourth-order valence-corrected chi connectivity index (χ4v) is 2.08. The Hall–Kier alpha value is -1.60. The van der Waals surface area contributed by atoms with Crippen LogP contribution < -0.4 is 10.5 Å². The lowest BCUT2D eigenvalue weighted by Crippen LogP contribution is -2.16. The number of sulfonamides is 1. The zero-order valence-corrected chi connectivity index (χ0v) is 10.4. The molecule has 0 heterocycles. The molecule has 0 aliphatic rings. The van der Waals surface area contributed by atoms with Gasteiger partial charge in [0.15, 0.2) is 0 Å². The molecule has 0 saturated heterocycles. The number of carbonyl (C=O) groups excluding carboxylic acids is 1. The molecule has 6 nitrogen and oxygen atoms in total. The van der Waals surface area contributed by atoms with E-state index in [9.17, 15) is 13.2 Å². The number of nitrogens with two attached hydrogens (primary N) is 1. The highest BCUT2D eigenvalue weighted by molar-refractivity contribution is 7.89. The Balaban J connectivity index is 3.02. The van der Waals surface area contributed by atoms with Gasteiger partial charge in [-0.15, -0.1) is 0 Å². The zero-order valence-electron chi connectivity index (χ0n) is 9.56. The molecule has 0 radical (unpaired) electrons. The van der Waals surface area contributed by atoms with Crippen LogP contribution in [-0.2, 0) is 14.8 Å². The number of benzene rings is 1. The van der Waals surface area contributed by atoms with Crippen LogP contribution in [0.1, 0.15) is 12.5 Å². The number of hydrogen-bond acceptors (Lipinski definition) is 4.